The molecule has 0 radical (unpaired) electrons. The Morgan fingerprint density at radius 2 is 1.25 bits per heavy atom. The van der Waals surface area contributed by atoms with E-state index in [-0.39, 0.29) is 11.8 Å². The molecular formula is C27H38N2O2P+. The van der Waals surface area contributed by atoms with E-state index in [0.717, 1.165) is 65.2 Å². The molecule has 4 nitrogen and oxygen atoms in total. The smallest absolute Gasteiger partial charge is 0.268 e. The van der Waals surface area contributed by atoms with Crippen LogP contribution in [0.5, 0.6) is 0 Å². The molecule has 172 valence electrons. The molecule has 32 heavy (non-hydrogen) atoms. The van der Waals surface area contributed by atoms with Crippen molar-refractivity contribution in [2.24, 2.45) is 0 Å². The fourth-order valence-corrected chi connectivity index (χ4v) is 10.1. The average Bonchev–Trinajstić information content (AvgIpc) is 2.72. The molecule has 2 aromatic carbocycles. The molecule has 1 fully saturated rings. The van der Waals surface area contributed by atoms with Crippen molar-refractivity contribution in [3.63, 3.8) is 0 Å². The van der Waals surface area contributed by atoms with Gasteiger partial charge in [-0.1, -0.05) is 36.4 Å². The van der Waals surface area contributed by atoms with Crippen LogP contribution in [0.1, 0.15) is 55.4 Å². The Bertz CT molecular complexity index is 966. The minimum atomic E-state index is -1.86. The molecule has 5 heteroatoms. The van der Waals surface area contributed by atoms with Crippen LogP contribution in [0.3, 0.4) is 0 Å². The summed E-state index contributed by atoms with van der Waals surface area (Å²) in [5, 5.41) is 6.08. The van der Waals surface area contributed by atoms with Crippen molar-refractivity contribution in [3.05, 3.63) is 58.7 Å². The van der Waals surface area contributed by atoms with Gasteiger partial charge in [0, 0.05) is 18.6 Å². The van der Waals surface area contributed by atoms with Gasteiger partial charge < -0.3 is 10.6 Å². The van der Waals surface area contributed by atoms with E-state index in [2.05, 4.69) is 24.5 Å². The third-order valence-electron chi connectivity index (χ3n) is 7.63. The molecule has 1 aliphatic rings. The lowest BCUT2D eigenvalue weighted by atomic mass is 9.83. The summed E-state index contributed by atoms with van der Waals surface area (Å²) in [5.74, 6) is 0.170. The molecule has 2 N–H and O–H groups in total. The van der Waals surface area contributed by atoms with Gasteiger partial charge in [-0.3, -0.25) is 9.59 Å². The molecule has 0 aromatic heterocycles. The molecular weight excluding hydrogens is 415 g/mol. The Hall–Kier alpha value is -2.19. The van der Waals surface area contributed by atoms with Crippen LogP contribution in [0.25, 0.3) is 0 Å². The summed E-state index contributed by atoms with van der Waals surface area (Å²) in [7, 11) is -1.86. The predicted molar refractivity (Wildman–Crippen MR) is 139 cm³/mol. The van der Waals surface area contributed by atoms with Crippen LogP contribution in [0.2, 0.25) is 0 Å². The van der Waals surface area contributed by atoms with Crippen molar-refractivity contribution in [2.75, 3.05) is 29.1 Å². The highest BCUT2D eigenvalue weighted by Crippen LogP contribution is 2.74. The molecule has 0 unspecified atom stereocenters. The van der Waals surface area contributed by atoms with E-state index in [0.29, 0.717) is 6.16 Å². The van der Waals surface area contributed by atoms with Gasteiger partial charge in [0.05, 0.1) is 12.3 Å². The van der Waals surface area contributed by atoms with Gasteiger partial charge in [-0.2, -0.15) is 0 Å². The predicted octanol–water partition coefficient (Wildman–Crippen LogP) is 6.48. The molecule has 0 spiro atoms. The normalized spacial score (nSPS) is 15.1. The number of anilines is 2. The lowest BCUT2D eigenvalue weighted by Gasteiger charge is -2.48. The number of nitrogens with one attached hydrogen (secondary N) is 2. The number of hydrogen-bond acceptors (Lipinski definition) is 2. The van der Waals surface area contributed by atoms with Gasteiger partial charge in [0.2, 0.25) is 0 Å². The first-order valence-electron chi connectivity index (χ1n) is 11.8. The zero-order valence-electron chi connectivity index (χ0n) is 20.5. The van der Waals surface area contributed by atoms with E-state index in [1.807, 2.05) is 64.1 Å². The maximum atomic E-state index is 13.8. The van der Waals surface area contributed by atoms with Crippen molar-refractivity contribution >= 4 is 30.5 Å². The molecule has 1 aliphatic carbocycles. The molecule has 1 saturated carbocycles. The summed E-state index contributed by atoms with van der Waals surface area (Å²) in [6, 6.07) is 12.2. The minimum absolute atomic E-state index is 0.0468. The summed E-state index contributed by atoms with van der Waals surface area (Å²) >= 11 is 0. The Balaban J connectivity index is 1.88. The fraction of sp³-hybridized carbons (Fsp3) is 0.481. The van der Waals surface area contributed by atoms with E-state index in [1.165, 1.54) is 0 Å². The lowest BCUT2D eigenvalue weighted by molar-refractivity contribution is -0.120. The van der Waals surface area contributed by atoms with Gasteiger partial charge in [0.15, 0.2) is 5.16 Å². The minimum Gasteiger partial charge on any atom is -0.322 e. The summed E-state index contributed by atoms with van der Waals surface area (Å²) in [6.45, 7) is 12.5. The molecule has 2 aromatic rings. The van der Waals surface area contributed by atoms with Crippen molar-refractivity contribution in [3.8, 4) is 0 Å². The number of carbonyl (C=O) groups is 2. The lowest BCUT2D eigenvalue weighted by Crippen LogP contribution is -2.53. The zero-order valence-corrected chi connectivity index (χ0v) is 21.4. The second-order valence-corrected chi connectivity index (χ2v) is 14.1. The standard InChI is InChI=1S/C27H37N2O2P/c1-7-32(8-2,18-23(30)28-24-19(3)12-9-13-20(24)4)27(16-11-17-27)26(31)29-25-21(5)14-10-15-22(25)6/h9-10,12-15H,7-8,11,16-18H2,1-6H3,(H-,28,29,30,31)/p+1. The second-order valence-electron chi connectivity index (χ2n) is 9.36. The first kappa shape index (κ1) is 24.5. The highest BCUT2D eigenvalue weighted by atomic mass is 31.2. The van der Waals surface area contributed by atoms with Crippen LogP contribution in [0, 0.1) is 27.7 Å². The average molecular weight is 454 g/mol. The zero-order chi connectivity index (χ0) is 23.5. The van der Waals surface area contributed by atoms with Crippen molar-refractivity contribution in [1.29, 1.82) is 0 Å². The SMILES string of the molecule is CC[P+](CC)(CC(=O)Nc1c(C)cccc1C)C1(C(=O)Nc2c(C)cccc2C)CCC1. The maximum absolute atomic E-state index is 13.8. The number of rotatable bonds is 8. The molecule has 0 saturated heterocycles. The topological polar surface area (TPSA) is 58.2 Å². The number of benzene rings is 2. The van der Waals surface area contributed by atoms with Gasteiger partial charge in [0.1, 0.15) is 6.16 Å². The van der Waals surface area contributed by atoms with Crippen LogP contribution >= 0.6 is 7.26 Å². The highest BCUT2D eigenvalue weighted by Gasteiger charge is 2.64. The van der Waals surface area contributed by atoms with Crippen molar-refractivity contribution < 1.29 is 9.59 Å². The Kier molecular flexibility index (Phi) is 7.45. The molecule has 0 heterocycles. The van der Waals surface area contributed by atoms with Crippen LogP contribution in [0.4, 0.5) is 11.4 Å². The van der Waals surface area contributed by atoms with Crippen molar-refractivity contribution in [1.82, 2.24) is 0 Å². The van der Waals surface area contributed by atoms with E-state index in [9.17, 15) is 9.59 Å². The van der Waals surface area contributed by atoms with E-state index in [4.69, 9.17) is 0 Å². The van der Waals surface area contributed by atoms with Crippen LogP contribution < -0.4 is 10.6 Å². The van der Waals surface area contributed by atoms with E-state index >= 15 is 0 Å². The molecule has 0 aliphatic heterocycles. The summed E-state index contributed by atoms with van der Waals surface area (Å²) in [4.78, 5) is 27.1. The number of amides is 2. The molecule has 3 rings (SSSR count). The van der Waals surface area contributed by atoms with Crippen molar-refractivity contribution in [2.45, 2.75) is 66.0 Å². The van der Waals surface area contributed by atoms with Crippen LogP contribution in [0.15, 0.2) is 36.4 Å². The number of aryl methyl sites for hydroxylation is 4. The van der Waals surface area contributed by atoms with Gasteiger partial charge in [-0.15, -0.1) is 0 Å². The van der Waals surface area contributed by atoms with Gasteiger partial charge in [-0.25, -0.2) is 0 Å². The fourth-order valence-electron chi connectivity index (χ4n) is 5.34. The monoisotopic (exact) mass is 453 g/mol. The van der Waals surface area contributed by atoms with E-state index < -0.39 is 12.4 Å². The molecule has 0 bridgehead atoms. The first-order valence-corrected chi connectivity index (χ1v) is 14.1. The third kappa shape index (κ3) is 4.35. The van der Waals surface area contributed by atoms with Crippen LogP contribution in [-0.2, 0) is 9.59 Å². The Morgan fingerprint density at radius 1 is 0.812 bits per heavy atom. The third-order valence-corrected chi connectivity index (χ3v) is 13.4. The quantitative estimate of drug-likeness (QED) is 0.450. The number of carbonyl (C=O) groups excluding carboxylic acids is 2. The van der Waals surface area contributed by atoms with Gasteiger partial charge in [-0.05, 0) is 83.1 Å². The largest absolute Gasteiger partial charge is 0.322 e. The molecule has 2 amide bonds. The Morgan fingerprint density at radius 3 is 1.62 bits per heavy atom. The maximum Gasteiger partial charge on any atom is 0.268 e. The summed E-state index contributed by atoms with van der Waals surface area (Å²) in [6.07, 6.45) is 5.11. The highest BCUT2D eigenvalue weighted by molar-refractivity contribution is 7.79. The molecule has 0 atom stereocenters. The van der Waals surface area contributed by atoms with Crippen LogP contribution in [-0.4, -0.2) is 35.5 Å². The summed E-state index contributed by atoms with van der Waals surface area (Å²) in [5.41, 5.74) is 6.14. The Labute approximate surface area is 193 Å². The number of para-hydroxylation sites is 2. The first-order chi connectivity index (χ1) is 15.2. The van der Waals surface area contributed by atoms with Gasteiger partial charge in [0.25, 0.3) is 11.8 Å². The second kappa shape index (κ2) is 9.75. The number of hydrogen-bond donors (Lipinski definition) is 2. The van der Waals surface area contributed by atoms with Gasteiger partial charge >= 0.3 is 0 Å². The van der Waals surface area contributed by atoms with E-state index in [1.54, 1.807) is 0 Å². The summed E-state index contributed by atoms with van der Waals surface area (Å²) < 4.78 is 0.